The van der Waals surface area contributed by atoms with Crippen LogP contribution < -0.4 is 4.90 Å². The quantitative estimate of drug-likeness (QED) is 0.847. The smallest absolute Gasteiger partial charge is 0.292 e. The molecule has 1 spiro atoms. The second-order valence-corrected chi connectivity index (χ2v) is 7.66. The van der Waals surface area contributed by atoms with Gasteiger partial charge in [-0.25, -0.2) is 0 Å². The second kappa shape index (κ2) is 5.19. The van der Waals surface area contributed by atoms with Gasteiger partial charge in [-0.3, -0.25) is 9.59 Å². The third-order valence-electron chi connectivity index (χ3n) is 4.69. The van der Waals surface area contributed by atoms with E-state index in [4.69, 9.17) is 4.52 Å². The molecule has 120 valence electrons. The average Bonchev–Trinajstić information content (AvgIpc) is 3.28. The lowest BCUT2D eigenvalue weighted by Crippen LogP contribution is -2.33. The van der Waals surface area contributed by atoms with E-state index in [0.29, 0.717) is 26.1 Å². The average molecular weight is 331 g/mol. The number of amides is 2. The molecule has 4 heterocycles. The molecule has 1 unspecified atom stereocenters. The number of carbonyl (C=O) groups is 2. The predicted molar refractivity (Wildman–Crippen MR) is 85.5 cm³/mol. The van der Waals surface area contributed by atoms with Gasteiger partial charge < -0.3 is 14.3 Å². The number of carbonyl (C=O) groups excluding carboxylic acids is 2. The number of hydrogen-bond acceptors (Lipinski definition) is 5. The van der Waals surface area contributed by atoms with Crippen LogP contribution in [0.15, 0.2) is 28.9 Å². The van der Waals surface area contributed by atoms with Gasteiger partial charge in [0.05, 0.1) is 11.2 Å². The molecule has 0 N–H and O–H groups in total. The van der Waals surface area contributed by atoms with Gasteiger partial charge in [-0.1, -0.05) is 5.16 Å². The van der Waals surface area contributed by atoms with E-state index in [0.717, 1.165) is 11.4 Å². The number of aromatic nitrogens is 1. The molecule has 2 aromatic rings. The van der Waals surface area contributed by atoms with Crippen LogP contribution in [0, 0.1) is 12.3 Å². The van der Waals surface area contributed by atoms with E-state index in [-0.39, 0.29) is 23.0 Å². The topological polar surface area (TPSA) is 66.7 Å². The number of anilines is 1. The van der Waals surface area contributed by atoms with Crippen molar-refractivity contribution in [2.24, 2.45) is 5.41 Å². The van der Waals surface area contributed by atoms with Gasteiger partial charge in [-0.15, -0.1) is 11.3 Å². The fourth-order valence-electron chi connectivity index (χ4n) is 3.53. The maximum absolute atomic E-state index is 12.5. The summed E-state index contributed by atoms with van der Waals surface area (Å²) in [5, 5.41) is 4.59. The summed E-state index contributed by atoms with van der Waals surface area (Å²) in [6.07, 6.45) is 2.82. The number of aryl methyl sites for hydroxylation is 1. The molecule has 2 fully saturated rings. The van der Waals surface area contributed by atoms with Crippen molar-refractivity contribution in [1.29, 1.82) is 0 Å². The van der Waals surface area contributed by atoms with E-state index < -0.39 is 0 Å². The number of thiophene rings is 1. The largest absolute Gasteiger partial charge is 0.351 e. The lowest BCUT2D eigenvalue weighted by atomic mass is 9.86. The molecule has 0 aromatic carbocycles. The predicted octanol–water partition coefficient (Wildman–Crippen LogP) is 2.31. The minimum absolute atomic E-state index is 0.134. The van der Waals surface area contributed by atoms with Crippen LogP contribution in [0.3, 0.4) is 0 Å². The fraction of sp³-hybridized carbons (Fsp3) is 0.438. The van der Waals surface area contributed by atoms with E-state index in [1.807, 2.05) is 24.0 Å². The second-order valence-electron chi connectivity index (χ2n) is 6.39. The summed E-state index contributed by atoms with van der Waals surface area (Å²) in [4.78, 5) is 29.7. The van der Waals surface area contributed by atoms with E-state index in [1.165, 1.54) is 11.1 Å². The normalized spacial score (nSPS) is 24.1. The first-order valence-electron chi connectivity index (χ1n) is 7.63. The van der Waals surface area contributed by atoms with Crippen LogP contribution in [0.5, 0.6) is 0 Å². The molecule has 23 heavy (non-hydrogen) atoms. The Labute approximate surface area is 137 Å². The van der Waals surface area contributed by atoms with Crippen LogP contribution in [0.4, 0.5) is 5.00 Å². The summed E-state index contributed by atoms with van der Waals surface area (Å²) in [7, 11) is 0. The van der Waals surface area contributed by atoms with Gasteiger partial charge >= 0.3 is 0 Å². The summed E-state index contributed by atoms with van der Waals surface area (Å²) >= 11 is 1.64. The summed E-state index contributed by atoms with van der Waals surface area (Å²) in [5.41, 5.74) is -0.134. The molecule has 2 aliphatic rings. The fourth-order valence-corrected chi connectivity index (χ4v) is 4.41. The molecule has 2 amide bonds. The highest BCUT2D eigenvalue weighted by Crippen LogP contribution is 2.43. The Kier molecular flexibility index (Phi) is 3.26. The maximum Gasteiger partial charge on any atom is 0.292 e. The van der Waals surface area contributed by atoms with Gasteiger partial charge in [0, 0.05) is 42.4 Å². The standard InChI is InChI=1S/C16H17N3O3S/c1-11-2-3-14(23-11)19-10-16(8-13(19)20)5-7-18(9-16)15(21)12-4-6-17-22-12/h2-4,6H,5,7-10H2,1H3. The number of hydrogen-bond donors (Lipinski definition) is 0. The minimum atomic E-state index is -0.141. The Bertz CT molecular complexity index is 754. The maximum atomic E-state index is 12.5. The zero-order chi connectivity index (χ0) is 16.0. The Hall–Kier alpha value is -2.15. The number of rotatable bonds is 2. The zero-order valence-electron chi connectivity index (χ0n) is 12.8. The van der Waals surface area contributed by atoms with Gasteiger partial charge in [-0.05, 0) is 25.5 Å². The molecule has 0 radical (unpaired) electrons. The molecule has 2 aliphatic heterocycles. The van der Waals surface area contributed by atoms with Crippen molar-refractivity contribution in [2.45, 2.75) is 19.8 Å². The summed E-state index contributed by atoms with van der Waals surface area (Å²) in [6, 6.07) is 5.61. The van der Waals surface area contributed by atoms with Crippen molar-refractivity contribution >= 4 is 28.2 Å². The molecule has 2 saturated heterocycles. The van der Waals surface area contributed by atoms with E-state index >= 15 is 0 Å². The van der Waals surface area contributed by atoms with Crippen LogP contribution >= 0.6 is 11.3 Å². The van der Waals surface area contributed by atoms with Gasteiger partial charge in [0.15, 0.2) is 0 Å². The van der Waals surface area contributed by atoms with Crippen molar-refractivity contribution in [1.82, 2.24) is 10.1 Å². The first-order valence-corrected chi connectivity index (χ1v) is 8.45. The van der Waals surface area contributed by atoms with Crippen molar-refractivity contribution in [2.75, 3.05) is 24.5 Å². The molecule has 1 atom stereocenters. The van der Waals surface area contributed by atoms with Gasteiger partial charge in [0.1, 0.15) is 0 Å². The van der Waals surface area contributed by atoms with E-state index in [9.17, 15) is 9.59 Å². The Balaban J connectivity index is 1.50. The molecule has 6 nitrogen and oxygen atoms in total. The lowest BCUT2D eigenvalue weighted by Gasteiger charge is -2.23. The molecule has 4 rings (SSSR count). The summed E-state index contributed by atoms with van der Waals surface area (Å²) < 4.78 is 4.96. The molecule has 7 heteroatoms. The van der Waals surface area contributed by atoms with Crippen molar-refractivity contribution in [3.63, 3.8) is 0 Å². The number of likely N-dealkylation sites (tertiary alicyclic amines) is 1. The van der Waals surface area contributed by atoms with Crippen LogP contribution in [0.2, 0.25) is 0 Å². The molecular weight excluding hydrogens is 314 g/mol. The third kappa shape index (κ3) is 2.45. The highest BCUT2D eigenvalue weighted by Gasteiger charge is 2.49. The van der Waals surface area contributed by atoms with E-state index in [2.05, 4.69) is 5.16 Å². The molecule has 0 aliphatic carbocycles. The molecule has 2 aromatic heterocycles. The van der Waals surface area contributed by atoms with Crippen molar-refractivity contribution in [3.8, 4) is 0 Å². The zero-order valence-corrected chi connectivity index (χ0v) is 13.6. The van der Waals surface area contributed by atoms with Crippen molar-refractivity contribution < 1.29 is 14.1 Å². The van der Waals surface area contributed by atoms with Crippen LogP contribution in [-0.4, -0.2) is 41.5 Å². The molecule has 0 saturated carbocycles. The van der Waals surface area contributed by atoms with Crippen LogP contribution in [-0.2, 0) is 4.79 Å². The minimum Gasteiger partial charge on any atom is -0.351 e. The Morgan fingerprint density at radius 3 is 2.91 bits per heavy atom. The monoisotopic (exact) mass is 331 g/mol. The molecular formula is C16H17N3O3S. The molecule has 0 bridgehead atoms. The first-order chi connectivity index (χ1) is 11.1. The SMILES string of the molecule is Cc1ccc(N2CC3(CCN(C(=O)c4ccno4)C3)CC2=O)s1. The van der Waals surface area contributed by atoms with Crippen LogP contribution in [0.25, 0.3) is 0 Å². The lowest BCUT2D eigenvalue weighted by molar-refractivity contribution is -0.117. The Morgan fingerprint density at radius 2 is 2.22 bits per heavy atom. The number of nitrogens with zero attached hydrogens (tertiary/aromatic N) is 3. The summed E-state index contributed by atoms with van der Waals surface area (Å²) in [6.45, 7) is 3.98. The van der Waals surface area contributed by atoms with Crippen molar-refractivity contribution in [3.05, 3.63) is 35.0 Å². The summed E-state index contributed by atoms with van der Waals surface area (Å²) in [5.74, 6) is 0.273. The van der Waals surface area contributed by atoms with E-state index in [1.54, 1.807) is 22.3 Å². The Morgan fingerprint density at radius 1 is 1.35 bits per heavy atom. The van der Waals surface area contributed by atoms with Gasteiger partial charge in [0.2, 0.25) is 11.7 Å². The first kappa shape index (κ1) is 14.4. The highest BCUT2D eigenvalue weighted by molar-refractivity contribution is 7.16. The highest BCUT2D eigenvalue weighted by atomic mass is 32.1. The van der Waals surface area contributed by atoms with Crippen LogP contribution in [0.1, 0.15) is 28.3 Å². The van der Waals surface area contributed by atoms with Gasteiger partial charge in [-0.2, -0.15) is 0 Å². The third-order valence-corrected chi connectivity index (χ3v) is 5.71. The van der Waals surface area contributed by atoms with Gasteiger partial charge in [0.25, 0.3) is 5.91 Å².